The number of rotatable bonds is 5. The fraction of sp³-hybridized carbons (Fsp3) is 0.333. The Morgan fingerprint density at radius 3 is 2.65 bits per heavy atom. The van der Waals surface area contributed by atoms with Crippen molar-refractivity contribution in [1.82, 2.24) is 5.32 Å². The van der Waals surface area contributed by atoms with E-state index in [0.29, 0.717) is 24.0 Å². The Balaban J connectivity index is 1.72. The molecule has 3 nitrogen and oxygen atoms in total. The van der Waals surface area contributed by atoms with Crippen LogP contribution < -0.4 is 14.8 Å². The van der Waals surface area contributed by atoms with Gasteiger partial charge in [-0.2, -0.15) is 0 Å². The van der Waals surface area contributed by atoms with Crippen molar-refractivity contribution in [3.8, 4) is 17.2 Å². The average molecular weight is 319 g/mol. The molecule has 1 aliphatic heterocycles. The second kappa shape index (κ2) is 7.42. The van der Waals surface area contributed by atoms with Crippen LogP contribution in [0.4, 0.5) is 8.78 Å². The normalized spacial score (nSPS) is 17.7. The Labute approximate surface area is 134 Å². The minimum Gasteiger partial charge on any atom is -0.489 e. The van der Waals surface area contributed by atoms with Crippen LogP contribution in [-0.2, 0) is 0 Å². The molecule has 2 aromatic rings. The van der Waals surface area contributed by atoms with Gasteiger partial charge in [0.15, 0.2) is 11.6 Å². The highest BCUT2D eigenvalue weighted by Gasteiger charge is 2.17. The van der Waals surface area contributed by atoms with Crippen LogP contribution in [0, 0.1) is 17.6 Å². The zero-order valence-electron chi connectivity index (χ0n) is 12.7. The molecule has 0 aromatic heterocycles. The summed E-state index contributed by atoms with van der Waals surface area (Å²) in [5.41, 5.74) is 0. The van der Waals surface area contributed by atoms with E-state index in [4.69, 9.17) is 9.47 Å². The topological polar surface area (TPSA) is 30.5 Å². The highest BCUT2D eigenvalue weighted by molar-refractivity contribution is 5.44. The van der Waals surface area contributed by atoms with E-state index in [1.54, 1.807) is 12.1 Å². The van der Waals surface area contributed by atoms with E-state index < -0.39 is 5.82 Å². The van der Waals surface area contributed by atoms with Crippen LogP contribution >= 0.6 is 0 Å². The maximum absolute atomic E-state index is 14.1. The van der Waals surface area contributed by atoms with Gasteiger partial charge in [-0.3, -0.25) is 0 Å². The zero-order chi connectivity index (χ0) is 16.1. The lowest BCUT2D eigenvalue weighted by molar-refractivity contribution is 0.211. The second-order valence-corrected chi connectivity index (χ2v) is 5.65. The SMILES string of the molecule is Fc1ccc(Oc2c(F)cccc2OCC2CCCNC2)cc1. The monoisotopic (exact) mass is 319 g/mol. The van der Waals surface area contributed by atoms with Gasteiger partial charge in [-0.05, 0) is 55.8 Å². The van der Waals surface area contributed by atoms with Gasteiger partial charge in [-0.15, -0.1) is 0 Å². The first-order chi connectivity index (χ1) is 11.2. The number of halogens is 2. The summed E-state index contributed by atoms with van der Waals surface area (Å²) >= 11 is 0. The molecule has 5 heteroatoms. The molecule has 3 rings (SSSR count). The maximum atomic E-state index is 14.1. The highest BCUT2D eigenvalue weighted by Crippen LogP contribution is 2.34. The van der Waals surface area contributed by atoms with Crippen LogP contribution in [0.5, 0.6) is 17.2 Å². The van der Waals surface area contributed by atoms with Gasteiger partial charge in [0.2, 0.25) is 5.75 Å². The molecular formula is C18H19F2NO2. The summed E-state index contributed by atoms with van der Waals surface area (Å²) in [6.45, 7) is 2.45. The molecule has 122 valence electrons. The molecule has 0 bridgehead atoms. The summed E-state index contributed by atoms with van der Waals surface area (Å²) in [5, 5.41) is 3.32. The Morgan fingerprint density at radius 1 is 1.09 bits per heavy atom. The van der Waals surface area contributed by atoms with E-state index >= 15 is 0 Å². The molecule has 1 atom stereocenters. The van der Waals surface area contributed by atoms with E-state index in [1.807, 2.05) is 0 Å². The van der Waals surface area contributed by atoms with Crippen LogP contribution in [0.2, 0.25) is 0 Å². The molecule has 1 heterocycles. The van der Waals surface area contributed by atoms with Crippen molar-refractivity contribution in [2.24, 2.45) is 5.92 Å². The molecule has 1 N–H and O–H groups in total. The molecule has 0 saturated carbocycles. The van der Waals surface area contributed by atoms with E-state index in [2.05, 4.69) is 5.32 Å². The van der Waals surface area contributed by atoms with Gasteiger partial charge < -0.3 is 14.8 Å². The molecule has 1 aliphatic rings. The largest absolute Gasteiger partial charge is 0.489 e. The summed E-state index contributed by atoms with van der Waals surface area (Å²) in [5.74, 6) is 0.287. The van der Waals surface area contributed by atoms with Gasteiger partial charge >= 0.3 is 0 Å². The molecular weight excluding hydrogens is 300 g/mol. The Bertz CT molecular complexity index is 640. The molecule has 23 heavy (non-hydrogen) atoms. The number of hydrogen-bond donors (Lipinski definition) is 1. The highest BCUT2D eigenvalue weighted by atomic mass is 19.1. The maximum Gasteiger partial charge on any atom is 0.204 e. The van der Waals surface area contributed by atoms with Gasteiger partial charge in [0.25, 0.3) is 0 Å². The van der Waals surface area contributed by atoms with E-state index in [-0.39, 0.29) is 11.6 Å². The molecule has 0 radical (unpaired) electrons. The number of nitrogens with one attached hydrogen (secondary N) is 1. The Morgan fingerprint density at radius 2 is 1.91 bits per heavy atom. The van der Waals surface area contributed by atoms with Crippen molar-refractivity contribution in [2.45, 2.75) is 12.8 Å². The van der Waals surface area contributed by atoms with Gasteiger partial charge in [0, 0.05) is 12.5 Å². The summed E-state index contributed by atoms with van der Waals surface area (Å²) < 4.78 is 38.4. The summed E-state index contributed by atoms with van der Waals surface area (Å²) in [7, 11) is 0. The van der Waals surface area contributed by atoms with Crippen molar-refractivity contribution in [1.29, 1.82) is 0 Å². The standard InChI is InChI=1S/C18H19F2NO2/c19-14-6-8-15(9-7-14)23-18-16(20)4-1-5-17(18)22-12-13-3-2-10-21-11-13/h1,4-9,13,21H,2-3,10-12H2. The fourth-order valence-electron chi connectivity index (χ4n) is 2.60. The third-order valence-corrected chi connectivity index (χ3v) is 3.84. The lowest BCUT2D eigenvalue weighted by Gasteiger charge is -2.23. The summed E-state index contributed by atoms with van der Waals surface area (Å²) in [4.78, 5) is 0. The quantitative estimate of drug-likeness (QED) is 0.898. The molecule has 2 aromatic carbocycles. The van der Waals surface area contributed by atoms with E-state index in [0.717, 1.165) is 25.9 Å². The van der Waals surface area contributed by atoms with Crippen LogP contribution in [0.3, 0.4) is 0 Å². The van der Waals surface area contributed by atoms with Crippen molar-refractivity contribution in [3.63, 3.8) is 0 Å². The molecule has 1 saturated heterocycles. The van der Waals surface area contributed by atoms with Crippen LogP contribution in [0.1, 0.15) is 12.8 Å². The molecule has 0 amide bonds. The number of hydrogen-bond acceptors (Lipinski definition) is 3. The van der Waals surface area contributed by atoms with E-state index in [1.165, 1.54) is 30.3 Å². The van der Waals surface area contributed by atoms with Gasteiger partial charge in [-0.1, -0.05) is 6.07 Å². The predicted molar refractivity (Wildman–Crippen MR) is 84.0 cm³/mol. The second-order valence-electron chi connectivity index (χ2n) is 5.65. The van der Waals surface area contributed by atoms with Gasteiger partial charge in [0.1, 0.15) is 11.6 Å². The third kappa shape index (κ3) is 4.20. The number of para-hydroxylation sites is 1. The Kier molecular flexibility index (Phi) is 5.08. The predicted octanol–water partition coefficient (Wildman–Crippen LogP) is 4.14. The average Bonchev–Trinajstić information content (AvgIpc) is 2.58. The minimum absolute atomic E-state index is 0.0304. The third-order valence-electron chi connectivity index (χ3n) is 3.84. The number of benzene rings is 2. The van der Waals surface area contributed by atoms with Crippen molar-refractivity contribution >= 4 is 0 Å². The zero-order valence-corrected chi connectivity index (χ0v) is 12.7. The molecule has 1 fully saturated rings. The molecule has 0 spiro atoms. The van der Waals surface area contributed by atoms with Crippen LogP contribution in [0.25, 0.3) is 0 Å². The first-order valence-electron chi connectivity index (χ1n) is 7.78. The number of piperidine rings is 1. The van der Waals surface area contributed by atoms with Crippen LogP contribution in [-0.4, -0.2) is 19.7 Å². The first-order valence-corrected chi connectivity index (χ1v) is 7.78. The van der Waals surface area contributed by atoms with E-state index in [9.17, 15) is 8.78 Å². The summed E-state index contributed by atoms with van der Waals surface area (Å²) in [6, 6.07) is 10.0. The lowest BCUT2D eigenvalue weighted by Crippen LogP contribution is -2.33. The van der Waals surface area contributed by atoms with Crippen LogP contribution in [0.15, 0.2) is 42.5 Å². The Hall–Kier alpha value is -2.14. The number of ether oxygens (including phenoxy) is 2. The van der Waals surface area contributed by atoms with Gasteiger partial charge in [-0.25, -0.2) is 8.78 Å². The summed E-state index contributed by atoms with van der Waals surface area (Å²) in [6.07, 6.45) is 2.21. The smallest absolute Gasteiger partial charge is 0.204 e. The minimum atomic E-state index is -0.506. The molecule has 0 aliphatic carbocycles. The van der Waals surface area contributed by atoms with Crippen molar-refractivity contribution in [2.75, 3.05) is 19.7 Å². The fourth-order valence-corrected chi connectivity index (χ4v) is 2.60. The van der Waals surface area contributed by atoms with Gasteiger partial charge in [0.05, 0.1) is 6.61 Å². The lowest BCUT2D eigenvalue weighted by atomic mass is 10.0. The molecule has 1 unspecified atom stereocenters. The van der Waals surface area contributed by atoms with Crippen molar-refractivity contribution in [3.05, 3.63) is 54.1 Å². The first kappa shape index (κ1) is 15.7. The van der Waals surface area contributed by atoms with Crippen molar-refractivity contribution < 1.29 is 18.3 Å².